The number of hydrogen-bond donors (Lipinski definition) is 3. The van der Waals surface area contributed by atoms with E-state index < -0.39 is 11.7 Å². The van der Waals surface area contributed by atoms with E-state index in [1.54, 1.807) is 6.07 Å². The van der Waals surface area contributed by atoms with Crippen molar-refractivity contribution in [3.63, 3.8) is 0 Å². The van der Waals surface area contributed by atoms with Gasteiger partial charge in [-0.1, -0.05) is 25.8 Å². The van der Waals surface area contributed by atoms with Crippen LogP contribution in [0.3, 0.4) is 0 Å². The molecule has 0 spiro atoms. The average Bonchev–Trinajstić information content (AvgIpc) is 2.46. The first-order valence-electron chi connectivity index (χ1n) is 7.40. The van der Waals surface area contributed by atoms with Crippen LogP contribution in [0.2, 0.25) is 0 Å². The van der Waals surface area contributed by atoms with Crippen molar-refractivity contribution in [2.24, 2.45) is 11.7 Å². The Bertz CT molecular complexity index is 521. The summed E-state index contributed by atoms with van der Waals surface area (Å²) in [5, 5.41) is 13.0. The van der Waals surface area contributed by atoms with Crippen molar-refractivity contribution in [2.45, 2.75) is 44.7 Å². The summed E-state index contributed by atoms with van der Waals surface area (Å²) in [6, 6.07) is 4.26. The van der Waals surface area contributed by atoms with Crippen molar-refractivity contribution in [2.75, 3.05) is 6.61 Å². The second-order valence-electron chi connectivity index (χ2n) is 6.16. The van der Waals surface area contributed by atoms with Crippen molar-refractivity contribution < 1.29 is 14.3 Å². The molecule has 1 aliphatic rings. The Morgan fingerprint density at radius 1 is 1.57 bits per heavy atom. The predicted octanol–water partition coefficient (Wildman–Crippen LogP) is 1.96. The monoisotopic (exact) mass is 294 g/mol. The zero-order valence-electron chi connectivity index (χ0n) is 12.4. The van der Waals surface area contributed by atoms with Crippen LogP contribution in [0.5, 0.6) is 0 Å². The van der Waals surface area contributed by atoms with Gasteiger partial charge in [-0.25, -0.2) is 4.39 Å². The molecule has 0 bridgehead atoms. The van der Waals surface area contributed by atoms with Gasteiger partial charge in [-0.15, -0.1) is 0 Å². The molecule has 1 saturated carbocycles. The smallest absolute Gasteiger partial charge is 0.248 e. The normalized spacial score (nSPS) is 25.8. The number of carbonyl (C=O) groups excluding carboxylic acids is 1. The van der Waals surface area contributed by atoms with Crippen molar-refractivity contribution in [3.05, 3.63) is 35.1 Å². The molecule has 1 aromatic carbocycles. The van der Waals surface area contributed by atoms with Gasteiger partial charge in [-0.3, -0.25) is 4.79 Å². The number of amides is 1. The minimum atomic E-state index is -0.638. The third-order valence-electron chi connectivity index (χ3n) is 4.39. The van der Waals surface area contributed by atoms with Crippen LogP contribution in [-0.2, 0) is 6.54 Å². The van der Waals surface area contributed by atoms with E-state index in [9.17, 15) is 14.3 Å². The van der Waals surface area contributed by atoms with E-state index in [4.69, 9.17) is 5.73 Å². The first-order valence-corrected chi connectivity index (χ1v) is 7.40. The number of nitrogens with two attached hydrogens (primary N) is 1. The van der Waals surface area contributed by atoms with E-state index in [0.29, 0.717) is 18.0 Å². The number of benzene rings is 1. The quantitative estimate of drug-likeness (QED) is 0.777. The molecular weight excluding hydrogens is 271 g/mol. The Morgan fingerprint density at radius 2 is 2.33 bits per heavy atom. The number of rotatable bonds is 5. The van der Waals surface area contributed by atoms with Crippen molar-refractivity contribution in [1.82, 2.24) is 5.32 Å². The lowest BCUT2D eigenvalue weighted by atomic mass is 9.76. The van der Waals surface area contributed by atoms with Gasteiger partial charge in [0.1, 0.15) is 5.82 Å². The summed E-state index contributed by atoms with van der Waals surface area (Å²) in [6.07, 6.45) is 4.03. The summed E-state index contributed by atoms with van der Waals surface area (Å²) in [5.74, 6) is -0.530. The van der Waals surface area contributed by atoms with Gasteiger partial charge in [-0.2, -0.15) is 0 Å². The number of hydrogen-bond acceptors (Lipinski definition) is 3. The van der Waals surface area contributed by atoms with Crippen LogP contribution in [-0.4, -0.2) is 23.2 Å². The van der Waals surface area contributed by atoms with E-state index >= 15 is 0 Å². The molecule has 0 aliphatic heterocycles. The van der Waals surface area contributed by atoms with Crippen LogP contribution < -0.4 is 11.1 Å². The number of primary amides is 1. The summed E-state index contributed by atoms with van der Waals surface area (Å²) in [6.45, 7) is 2.56. The summed E-state index contributed by atoms with van der Waals surface area (Å²) in [7, 11) is 0. The molecule has 116 valence electrons. The Kier molecular flexibility index (Phi) is 4.96. The first-order chi connectivity index (χ1) is 9.96. The van der Waals surface area contributed by atoms with Gasteiger partial charge in [-0.05, 0) is 30.9 Å². The van der Waals surface area contributed by atoms with Gasteiger partial charge in [0, 0.05) is 23.2 Å². The lowest BCUT2D eigenvalue weighted by Gasteiger charge is -2.39. The molecule has 2 atom stereocenters. The molecule has 0 radical (unpaired) electrons. The van der Waals surface area contributed by atoms with Crippen LogP contribution in [0.15, 0.2) is 18.2 Å². The SMILES string of the molecule is CC1CCCC(CO)(NCc2ccc(C(N)=O)cc2F)C1. The third-order valence-corrected chi connectivity index (χ3v) is 4.39. The molecule has 21 heavy (non-hydrogen) atoms. The number of carbonyl (C=O) groups is 1. The highest BCUT2D eigenvalue weighted by Crippen LogP contribution is 2.32. The van der Waals surface area contributed by atoms with Crippen LogP contribution in [0.1, 0.15) is 48.5 Å². The largest absolute Gasteiger partial charge is 0.394 e. The topological polar surface area (TPSA) is 75.3 Å². The summed E-state index contributed by atoms with van der Waals surface area (Å²) in [4.78, 5) is 11.0. The zero-order valence-corrected chi connectivity index (χ0v) is 12.4. The van der Waals surface area contributed by atoms with Gasteiger partial charge in [0.25, 0.3) is 0 Å². The van der Waals surface area contributed by atoms with Crippen LogP contribution in [0.4, 0.5) is 4.39 Å². The lowest BCUT2D eigenvalue weighted by molar-refractivity contribution is 0.0979. The Balaban J connectivity index is 2.06. The Labute approximate surface area is 124 Å². The van der Waals surface area contributed by atoms with E-state index in [2.05, 4.69) is 12.2 Å². The molecule has 4 nitrogen and oxygen atoms in total. The lowest BCUT2D eigenvalue weighted by Crippen LogP contribution is -2.51. The standard InChI is InChI=1S/C16H23FN2O2/c1-11-3-2-6-16(8-11,10-20)19-9-13-5-4-12(15(18)21)7-14(13)17/h4-5,7,11,19-20H,2-3,6,8-10H2,1H3,(H2,18,21). The van der Waals surface area contributed by atoms with Crippen molar-refractivity contribution >= 4 is 5.91 Å². The van der Waals surface area contributed by atoms with E-state index in [0.717, 1.165) is 25.3 Å². The van der Waals surface area contributed by atoms with Crippen LogP contribution in [0.25, 0.3) is 0 Å². The molecule has 0 aromatic heterocycles. The molecule has 1 fully saturated rings. The van der Waals surface area contributed by atoms with Gasteiger partial charge in [0.2, 0.25) is 5.91 Å². The highest BCUT2D eigenvalue weighted by atomic mass is 19.1. The van der Waals surface area contributed by atoms with Gasteiger partial charge < -0.3 is 16.2 Å². The second kappa shape index (κ2) is 6.54. The number of aliphatic hydroxyl groups is 1. The molecule has 1 aliphatic carbocycles. The highest BCUT2D eigenvalue weighted by Gasteiger charge is 2.33. The highest BCUT2D eigenvalue weighted by molar-refractivity contribution is 5.92. The Morgan fingerprint density at radius 3 is 2.90 bits per heavy atom. The Hall–Kier alpha value is -1.46. The van der Waals surface area contributed by atoms with Crippen molar-refractivity contribution in [1.29, 1.82) is 0 Å². The minimum Gasteiger partial charge on any atom is -0.394 e. The molecule has 0 saturated heterocycles. The number of aliphatic hydroxyl groups excluding tert-OH is 1. The third kappa shape index (κ3) is 3.80. The van der Waals surface area contributed by atoms with Gasteiger partial charge >= 0.3 is 0 Å². The number of halogens is 1. The van der Waals surface area contributed by atoms with E-state index in [1.165, 1.54) is 12.5 Å². The fourth-order valence-electron chi connectivity index (χ4n) is 3.15. The molecule has 0 heterocycles. The molecule has 5 heteroatoms. The molecular formula is C16H23FN2O2. The maximum atomic E-state index is 14.0. The molecule has 4 N–H and O–H groups in total. The van der Waals surface area contributed by atoms with Crippen LogP contribution >= 0.6 is 0 Å². The summed E-state index contributed by atoms with van der Waals surface area (Å²) < 4.78 is 14.0. The molecule has 1 amide bonds. The second-order valence-corrected chi connectivity index (χ2v) is 6.16. The van der Waals surface area contributed by atoms with E-state index in [1.807, 2.05) is 0 Å². The fraction of sp³-hybridized carbons (Fsp3) is 0.562. The van der Waals surface area contributed by atoms with Gasteiger partial charge in [0.05, 0.1) is 6.61 Å². The van der Waals surface area contributed by atoms with Crippen molar-refractivity contribution in [3.8, 4) is 0 Å². The summed E-state index contributed by atoms with van der Waals surface area (Å²) in [5.41, 5.74) is 5.44. The van der Waals surface area contributed by atoms with E-state index in [-0.39, 0.29) is 17.7 Å². The maximum absolute atomic E-state index is 14.0. The minimum absolute atomic E-state index is 0.0539. The maximum Gasteiger partial charge on any atom is 0.248 e. The number of nitrogens with one attached hydrogen (secondary N) is 1. The van der Waals surface area contributed by atoms with Gasteiger partial charge in [0.15, 0.2) is 0 Å². The summed E-state index contributed by atoms with van der Waals surface area (Å²) >= 11 is 0. The van der Waals surface area contributed by atoms with Crippen LogP contribution in [0, 0.1) is 11.7 Å². The molecule has 2 unspecified atom stereocenters. The first kappa shape index (κ1) is 15.9. The molecule has 1 aromatic rings. The zero-order chi connectivity index (χ0) is 15.5. The predicted molar refractivity (Wildman–Crippen MR) is 79.2 cm³/mol. The average molecular weight is 294 g/mol. The molecule has 2 rings (SSSR count). The fourth-order valence-corrected chi connectivity index (χ4v) is 3.15.